The monoisotopic (exact) mass is 292 g/mol. The van der Waals surface area contributed by atoms with E-state index in [-0.39, 0.29) is 6.04 Å². The highest BCUT2D eigenvalue weighted by molar-refractivity contribution is 5.78. The summed E-state index contributed by atoms with van der Waals surface area (Å²) in [5.41, 5.74) is 1.95. The Hall–Kier alpha value is -1.59. The third kappa shape index (κ3) is 3.19. The highest BCUT2D eigenvalue weighted by Gasteiger charge is 2.22. The second-order valence-corrected chi connectivity index (χ2v) is 5.03. The van der Waals surface area contributed by atoms with Crippen LogP contribution in [0.5, 0.6) is 5.75 Å². The summed E-state index contributed by atoms with van der Waals surface area (Å²) in [6, 6.07) is 6.18. The zero-order valence-electron chi connectivity index (χ0n) is 13.4. The zero-order chi connectivity index (χ0) is 15.4. The summed E-state index contributed by atoms with van der Waals surface area (Å²) < 4.78 is 18.9. The van der Waals surface area contributed by atoms with E-state index in [1.54, 1.807) is 7.11 Å². The first-order chi connectivity index (χ1) is 10.1. The van der Waals surface area contributed by atoms with Crippen molar-refractivity contribution in [3.63, 3.8) is 0 Å². The lowest BCUT2D eigenvalue weighted by molar-refractivity contribution is -0.146. The SMILES string of the molecule is CCOC(OCC)c1nc2cc(OC)ccc2n1C(C)C. The van der Waals surface area contributed by atoms with Crippen molar-refractivity contribution in [3.05, 3.63) is 24.0 Å². The Morgan fingerprint density at radius 3 is 2.33 bits per heavy atom. The van der Waals surface area contributed by atoms with Gasteiger partial charge in [-0.25, -0.2) is 4.98 Å². The van der Waals surface area contributed by atoms with Crippen molar-refractivity contribution in [1.82, 2.24) is 9.55 Å². The third-order valence-corrected chi connectivity index (χ3v) is 3.29. The summed E-state index contributed by atoms with van der Waals surface area (Å²) in [6.45, 7) is 9.33. The fourth-order valence-electron chi connectivity index (χ4n) is 2.43. The molecule has 0 N–H and O–H groups in total. The predicted octanol–water partition coefficient (Wildman–Crippen LogP) is 3.70. The fourth-order valence-corrected chi connectivity index (χ4v) is 2.43. The molecule has 2 rings (SSSR count). The van der Waals surface area contributed by atoms with Crippen molar-refractivity contribution in [3.8, 4) is 5.75 Å². The van der Waals surface area contributed by atoms with Crippen LogP contribution in [-0.4, -0.2) is 29.9 Å². The smallest absolute Gasteiger partial charge is 0.217 e. The molecule has 1 aromatic heterocycles. The number of nitrogens with zero attached hydrogens (tertiary/aromatic N) is 2. The van der Waals surface area contributed by atoms with Crippen molar-refractivity contribution in [2.45, 2.75) is 40.0 Å². The quantitative estimate of drug-likeness (QED) is 0.730. The Balaban J connectivity index is 2.57. The van der Waals surface area contributed by atoms with Gasteiger partial charge in [0.25, 0.3) is 0 Å². The largest absolute Gasteiger partial charge is 0.497 e. The first-order valence-electron chi connectivity index (χ1n) is 7.41. The predicted molar refractivity (Wildman–Crippen MR) is 82.7 cm³/mol. The van der Waals surface area contributed by atoms with Crippen LogP contribution >= 0.6 is 0 Å². The Kier molecular flexibility index (Phi) is 5.20. The molecule has 0 atom stereocenters. The number of fused-ring (bicyclic) bond motifs is 1. The second-order valence-electron chi connectivity index (χ2n) is 5.03. The molecule has 0 spiro atoms. The molecule has 0 aliphatic carbocycles. The van der Waals surface area contributed by atoms with Crippen molar-refractivity contribution in [2.24, 2.45) is 0 Å². The number of aromatic nitrogens is 2. The van der Waals surface area contributed by atoms with E-state index in [1.807, 2.05) is 32.0 Å². The molecular formula is C16H24N2O3. The van der Waals surface area contributed by atoms with Crippen molar-refractivity contribution in [2.75, 3.05) is 20.3 Å². The van der Waals surface area contributed by atoms with Crippen LogP contribution in [0.15, 0.2) is 18.2 Å². The molecule has 0 bridgehead atoms. The van der Waals surface area contributed by atoms with Gasteiger partial charge >= 0.3 is 0 Å². The van der Waals surface area contributed by atoms with Gasteiger partial charge in [0, 0.05) is 25.3 Å². The Morgan fingerprint density at radius 2 is 1.81 bits per heavy atom. The van der Waals surface area contributed by atoms with Gasteiger partial charge in [0.2, 0.25) is 6.29 Å². The van der Waals surface area contributed by atoms with Crippen LogP contribution in [0.2, 0.25) is 0 Å². The molecule has 116 valence electrons. The number of ether oxygens (including phenoxy) is 3. The van der Waals surface area contributed by atoms with Crippen LogP contribution < -0.4 is 4.74 Å². The van der Waals surface area contributed by atoms with Crippen LogP contribution in [0.1, 0.15) is 45.9 Å². The molecule has 0 saturated heterocycles. The first kappa shape index (κ1) is 15.8. The van der Waals surface area contributed by atoms with Gasteiger partial charge in [-0.2, -0.15) is 0 Å². The standard InChI is InChI=1S/C16H24N2O3/c1-6-20-16(21-7-2)15-17-13-10-12(19-5)8-9-14(13)18(15)11(3)4/h8-11,16H,6-7H2,1-5H3. The van der Waals surface area contributed by atoms with E-state index in [0.717, 1.165) is 22.6 Å². The molecule has 0 aliphatic heterocycles. The van der Waals surface area contributed by atoms with E-state index >= 15 is 0 Å². The van der Waals surface area contributed by atoms with Crippen LogP contribution in [0.25, 0.3) is 11.0 Å². The van der Waals surface area contributed by atoms with E-state index in [0.29, 0.717) is 13.2 Å². The van der Waals surface area contributed by atoms with Gasteiger partial charge in [0.15, 0.2) is 5.82 Å². The maximum Gasteiger partial charge on any atom is 0.217 e. The molecule has 0 unspecified atom stereocenters. The Morgan fingerprint density at radius 1 is 1.14 bits per heavy atom. The minimum Gasteiger partial charge on any atom is -0.497 e. The molecule has 21 heavy (non-hydrogen) atoms. The second kappa shape index (κ2) is 6.91. The summed E-state index contributed by atoms with van der Waals surface area (Å²) in [5.74, 6) is 1.60. The molecular weight excluding hydrogens is 268 g/mol. The third-order valence-electron chi connectivity index (χ3n) is 3.29. The van der Waals surface area contributed by atoms with E-state index in [2.05, 4.69) is 18.4 Å². The van der Waals surface area contributed by atoms with Crippen LogP contribution in [0, 0.1) is 0 Å². The van der Waals surface area contributed by atoms with Crippen LogP contribution in [0.4, 0.5) is 0 Å². The topological polar surface area (TPSA) is 45.5 Å². The molecule has 1 aromatic carbocycles. The number of imidazole rings is 1. The molecule has 5 nitrogen and oxygen atoms in total. The van der Waals surface area contributed by atoms with E-state index in [9.17, 15) is 0 Å². The average Bonchev–Trinajstić information content (AvgIpc) is 2.85. The minimum atomic E-state index is -0.444. The molecule has 5 heteroatoms. The fraction of sp³-hybridized carbons (Fsp3) is 0.562. The van der Waals surface area contributed by atoms with Gasteiger partial charge in [0.05, 0.1) is 18.1 Å². The summed E-state index contributed by atoms with van der Waals surface area (Å²) in [5, 5.41) is 0. The van der Waals surface area contributed by atoms with Crippen molar-refractivity contribution >= 4 is 11.0 Å². The summed E-state index contributed by atoms with van der Waals surface area (Å²) >= 11 is 0. The summed E-state index contributed by atoms with van der Waals surface area (Å²) in [6.07, 6.45) is -0.444. The number of hydrogen-bond acceptors (Lipinski definition) is 4. The highest BCUT2D eigenvalue weighted by atomic mass is 16.7. The number of hydrogen-bond donors (Lipinski definition) is 0. The lowest BCUT2D eigenvalue weighted by Gasteiger charge is -2.20. The van der Waals surface area contributed by atoms with E-state index in [1.165, 1.54) is 0 Å². The van der Waals surface area contributed by atoms with Crippen LogP contribution in [0.3, 0.4) is 0 Å². The van der Waals surface area contributed by atoms with Gasteiger partial charge < -0.3 is 18.8 Å². The maximum atomic E-state index is 5.71. The Bertz CT molecular complexity index is 586. The van der Waals surface area contributed by atoms with Gasteiger partial charge in [-0.05, 0) is 39.8 Å². The molecule has 0 saturated carbocycles. The molecule has 2 aromatic rings. The molecule has 0 radical (unpaired) electrons. The first-order valence-corrected chi connectivity index (χ1v) is 7.41. The Labute approximate surface area is 125 Å². The number of methoxy groups -OCH3 is 1. The average molecular weight is 292 g/mol. The summed E-state index contributed by atoms with van der Waals surface area (Å²) in [4.78, 5) is 4.71. The van der Waals surface area contributed by atoms with E-state index in [4.69, 9.17) is 19.2 Å². The maximum absolute atomic E-state index is 5.71. The summed E-state index contributed by atoms with van der Waals surface area (Å²) in [7, 11) is 1.66. The van der Waals surface area contributed by atoms with Crippen molar-refractivity contribution in [1.29, 1.82) is 0 Å². The van der Waals surface area contributed by atoms with Gasteiger partial charge in [-0.1, -0.05) is 0 Å². The molecule has 0 aliphatic rings. The lowest BCUT2D eigenvalue weighted by atomic mass is 10.2. The zero-order valence-corrected chi connectivity index (χ0v) is 13.4. The van der Waals surface area contributed by atoms with E-state index < -0.39 is 6.29 Å². The molecule has 1 heterocycles. The number of rotatable bonds is 7. The van der Waals surface area contributed by atoms with Gasteiger partial charge in [-0.3, -0.25) is 0 Å². The van der Waals surface area contributed by atoms with Gasteiger partial charge in [0.1, 0.15) is 5.75 Å². The number of benzene rings is 1. The minimum absolute atomic E-state index is 0.266. The molecule has 0 amide bonds. The highest BCUT2D eigenvalue weighted by Crippen LogP contribution is 2.29. The van der Waals surface area contributed by atoms with Crippen molar-refractivity contribution < 1.29 is 14.2 Å². The lowest BCUT2D eigenvalue weighted by Crippen LogP contribution is -2.16. The van der Waals surface area contributed by atoms with Crippen LogP contribution in [-0.2, 0) is 9.47 Å². The normalized spacial score (nSPS) is 11.8. The van der Waals surface area contributed by atoms with Gasteiger partial charge in [-0.15, -0.1) is 0 Å². The molecule has 0 fully saturated rings.